The van der Waals surface area contributed by atoms with Crippen molar-refractivity contribution in [3.63, 3.8) is 0 Å². The Balaban J connectivity index is 0.000000461. The Hall–Kier alpha value is -0.150. The van der Waals surface area contributed by atoms with Crippen LogP contribution in [0.1, 0.15) is 33.1 Å². The average Bonchev–Trinajstić information content (AvgIpc) is 2.10. The Bertz CT molecular complexity index is 161. The summed E-state index contributed by atoms with van der Waals surface area (Å²) in [6.07, 6.45) is 1.89. The lowest BCUT2D eigenvalue weighted by atomic mass is 9.62. The van der Waals surface area contributed by atoms with Crippen molar-refractivity contribution >= 4 is 0 Å². The molecule has 3 heteroatoms. The summed E-state index contributed by atoms with van der Waals surface area (Å²) in [5, 5.41) is 8.59. The van der Waals surface area contributed by atoms with Crippen LogP contribution in [0.3, 0.4) is 0 Å². The lowest BCUT2D eigenvalue weighted by Gasteiger charge is -2.57. The van der Waals surface area contributed by atoms with E-state index in [2.05, 4.69) is 4.90 Å². The molecule has 1 spiro atoms. The van der Waals surface area contributed by atoms with Crippen LogP contribution in [0.25, 0.3) is 0 Å². The average molecular weight is 203 g/mol. The van der Waals surface area contributed by atoms with Gasteiger partial charge in [0.25, 0.3) is 0 Å². The van der Waals surface area contributed by atoms with Crippen molar-refractivity contribution in [1.82, 2.24) is 4.90 Å². The Kier molecular flexibility index (Phi) is 4.32. The summed E-state index contributed by atoms with van der Waals surface area (Å²) in [4.78, 5) is 2.31. The van der Waals surface area contributed by atoms with Crippen molar-refractivity contribution in [2.45, 2.75) is 39.3 Å². The van der Waals surface area contributed by atoms with E-state index in [1.54, 1.807) is 0 Å². The fourth-order valence-electron chi connectivity index (χ4n) is 2.49. The first kappa shape index (κ1) is 11.9. The Morgan fingerprint density at radius 1 is 1.36 bits per heavy atom. The highest BCUT2D eigenvalue weighted by atomic mass is 19.1. The van der Waals surface area contributed by atoms with E-state index in [1.807, 2.05) is 13.8 Å². The minimum Gasteiger partial charge on any atom is -0.396 e. The van der Waals surface area contributed by atoms with Crippen molar-refractivity contribution in [3.05, 3.63) is 0 Å². The number of aliphatic hydroxyl groups is 1. The summed E-state index contributed by atoms with van der Waals surface area (Å²) in [6.45, 7) is 7.38. The van der Waals surface area contributed by atoms with Gasteiger partial charge in [-0.3, -0.25) is 0 Å². The van der Waals surface area contributed by atoms with E-state index in [1.165, 1.54) is 0 Å². The number of nitrogens with zero attached hydrogens (tertiary/aromatic N) is 1. The van der Waals surface area contributed by atoms with Crippen molar-refractivity contribution in [1.29, 1.82) is 0 Å². The van der Waals surface area contributed by atoms with Gasteiger partial charge in [0.1, 0.15) is 6.17 Å². The van der Waals surface area contributed by atoms with Crippen LogP contribution in [-0.4, -0.2) is 42.4 Å². The van der Waals surface area contributed by atoms with E-state index in [4.69, 9.17) is 5.11 Å². The zero-order valence-electron chi connectivity index (χ0n) is 9.30. The normalized spacial score (nSPS) is 24.9. The molecule has 0 atom stereocenters. The second-order valence-corrected chi connectivity index (χ2v) is 4.29. The second-order valence-electron chi connectivity index (χ2n) is 4.29. The topological polar surface area (TPSA) is 23.5 Å². The molecule has 1 aliphatic heterocycles. The summed E-state index contributed by atoms with van der Waals surface area (Å²) in [6, 6.07) is 0. The monoisotopic (exact) mass is 203 g/mol. The quantitative estimate of drug-likeness (QED) is 0.756. The maximum Gasteiger partial charge on any atom is 0.101 e. The van der Waals surface area contributed by atoms with Gasteiger partial charge >= 0.3 is 0 Å². The first-order valence-corrected chi connectivity index (χ1v) is 5.71. The smallest absolute Gasteiger partial charge is 0.101 e. The van der Waals surface area contributed by atoms with E-state index in [-0.39, 0.29) is 6.61 Å². The Labute approximate surface area is 86.1 Å². The lowest BCUT2D eigenvalue weighted by molar-refractivity contribution is -0.103. The third-order valence-electron chi connectivity index (χ3n) is 3.06. The Morgan fingerprint density at radius 3 is 2.36 bits per heavy atom. The van der Waals surface area contributed by atoms with Crippen LogP contribution in [0.5, 0.6) is 0 Å². The molecule has 2 nitrogen and oxygen atoms in total. The number of likely N-dealkylation sites (tertiary alicyclic amines) is 1. The third kappa shape index (κ3) is 2.45. The number of aliphatic hydroxyl groups excluding tert-OH is 1. The maximum absolute atomic E-state index is 12.6. The molecule has 0 aromatic heterocycles. The molecule has 0 aromatic carbocycles. The fraction of sp³-hybridized carbons (Fsp3) is 1.00. The molecule has 1 N–H and O–H groups in total. The molecule has 84 valence electrons. The van der Waals surface area contributed by atoms with Crippen LogP contribution in [0, 0.1) is 5.41 Å². The minimum absolute atomic E-state index is 0.273. The summed E-state index contributed by atoms with van der Waals surface area (Å²) in [5.41, 5.74) is 0.356. The van der Waals surface area contributed by atoms with Crippen molar-refractivity contribution in [2.75, 3.05) is 26.2 Å². The van der Waals surface area contributed by atoms with Crippen LogP contribution in [0.15, 0.2) is 0 Å². The summed E-state index contributed by atoms with van der Waals surface area (Å²) >= 11 is 0. The molecule has 1 saturated carbocycles. The van der Waals surface area contributed by atoms with Crippen LogP contribution in [-0.2, 0) is 0 Å². The van der Waals surface area contributed by atoms with Gasteiger partial charge in [-0.2, -0.15) is 0 Å². The molecular weight excluding hydrogens is 181 g/mol. The van der Waals surface area contributed by atoms with Crippen LogP contribution >= 0.6 is 0 Å². The molecule has 1 saturated heterocycles. The van der Waals surface area contributed by atoms with Gasteiger partial charge in [0.05, 0.1) is 0 Å². The first-order chi connectivity index (χ1) is 6.74. The van der Waals surface area contributed by atoms with Gasteiger partial charge in [0, 0.05) is 31.7 Å². The predicted octanol–water partition coefficient (Wildman–Crippen LogP) is 1.83. The second kappa shape index (κ2) is 5.08. The van der Waals surface area contributed by atoms with Crippen molar-refractivity contribution < 1.29 is 9.50 Å². The van der Waals surface area contributed by atoms with E-state index < -0.39 is 6.17 Å². The molecule has 2 rings (SSSR count). The molecule has 0 radical (unpaired) electrons. The largest absolute Gasteiger partial charge is 0.396 e. The molecule has 1 heterocycles. The van der Waals surface area contributed by atoms with E-state index in [0.29, 0.717) is 5.41 Å². The highest BCUT2D eigenvalue weighted by molar-refractivity contribution is 5.04. The van der Waals surface area contributed by atoms with Gasteiger partial charge in [-0.1, -0.05) is 13.8 Å². The molecule has 1 aliphatic carbocycles. The summed E-state index contributed by atoms with van der Waals surface area (Å²) in [5.74, 6) is 0. The van der Waals surface area contributed by atoms with E-state index in [0.717, 1.165) is 38.9 Å². The molecule has 0 bridgehead atoms. The molecule has 0 aromatic rings. The van der Waals surface area contributed by atoms with Gasteiger partial charge in [0.2, 0.25) is 0 Å². The molecule has 14 heavy (non-hydrogen) atoms. The SMILES string of the molecule is CC.OCCCN1CC2(CC(F)C2)C1. The molecule has 0 unspecified atom stereocenters. The standard InChI is InChI=1S/C9H16FNO.C2H6/c10-8-4-9(5-8)6-11(7-9)2-1-3-12;1-2/h8,12H,1-7H2;1-2H3. The van der Waals surface area contributed by atoms with Gasteiger partial charge < -0.3 is 10.0 Å². The third-order valence-corrected chi connectivity index (χ3v) is 3.06. The zero-order valence-corrected chi connectivity index (χ0v) is 9.30. The number of halogens is 1. The maximum atomic E-state index is 12.6. The lowest BCUT2D eigenvalue weighted by Crippen LogP contribution is -2.62. The highest BCUT2D eigenvalue weighted by Gasteiger charge is 2.52. The van der Waals surface area contributed by atoms with Crippen LogP contribution in [0.2, 0.25) is 0 Å². The van der Waals surface area contributed by atoms with Gasteiger partial charge in [-0.05, 0) is 19.3 Å². The van der Waals surface area contributed by atoms with Crippen LogP contribution < -0.4 is 0 Å². The fourth-order valence-corrected chi connectivity index (χ4v) is 2.49. The van der Waals surface area contributed by atoms with E-state index in [9.17, 15) is 4.39 Å². The Morgan fingerprint density at radius 2 is 1.93 bits per heavy atom. The van der Waals surface area contributed by atoms with Crippen LogP contribution in [0.4, 0.5) is 4.39 Å². The molecule has 2 fully saturated rings. The van der Waals surface area contributed by atoms with E-state index >= 15 is 0 Å². The number of hydrogen-bond donors (Lipinski definition) is 1. The number of rotatable bonds is 3. The predicted molar refractivity (Wildman–Crippen MR) is 56.1 cm³/mol. The summed E-state index contributed by atoms with van der Waals surface area (Å²) < 4.78 is 12.6. The van der Waals surface area contributed by atoms with Gasteiger partial charge in [-0.15, -0.1) is 0 Å². The summed E-state index contributed by atoms with van der Waals surface area (Å²) in [7, 11) is 0. The van der Waals surface area contributed by atoms with Crippen molar-refractivity contribution in [2.24, 2.45) is 5.41 Å². The van der Waals surface area contributed by atoms with Gasteiger partial charge in [0.15, 0.2) is 0 Å². The highest BCUT2D eigenvalue weighted by Crippen LogP contribution is 2.49. The zero-order chi connectivity index (χ0) is 10.6. The number of hydrogen-bond acceptors (Lipinski definition) is 2. The molecular formula is C11H22FNO. The number of alkyl halides is 1. The molecule has 0 amide bonds. The first-order valence-electron chi connectivity index (χ1n) is 5.71. The van der Waals surface area contributed by atoms with Gasteiger partial charge in [-0.25, -0.2) is 4.39 Å². The molecule has 2 aliphatic rings. The minimum atomic E-state index is -0.523. The van der Waals surface area contributed by atoms with Crippen molar-refractivity contribution in [3.8, 4) is 0 Å².